The molecule has 4 heteroatoms. The second kappa shape index (κ2) is 8.18. The van der Waals surface area contributed by atoms with Gasteiger partial charge in [0.05, 0.1) is 11.0 Å². The normalized spacial score (nSPS) is 11.3. The largest absolute Gasteiger partial charge is 0.292 e. The molecule has 0 unspecified atom stereocenters. The predicted molar refractivity (Wildman–Crippen MR) is 136 cm³/mol. The van der Waals surface area contributed by atoms with Crippen molar-refractivity contribution in [3.63, 3.8) is 0 Å². The summed E-state index contributed by atoms with van der Waals surface area (Å²) in [5.41, 5.74) is 4.04. The molecule has 2 aromatic heterocycles. The molecule has 0 saturated heterocycles. The molecule has 34 heavy (non-hydrogen) atoms. The Morgan fingerprint density at radius 2 is 1.15 bits per heavy atom. The van der Waals surface area contributed by atoms with Gasteiger partial charge in [0, 0.05) is 42.0 Å². The summed E-state index contributed by atoms with van der Waals surface area (Å²) >= 11 is 0. The van der Waals surface area contributed by atoms with E-state index in [-0.39, 0.29) is 20.1 Å². The summed E-state index contributed by atoms with van der Waals surface area (Å²) in [5, 5.41) is 16.5. The van der Waals surface area contributed by atoms with Gasteiger partial charge in [0.25, 0.3) is 0 Å². The Hall–Kier alpha value is -3.85. The van der Waals surface area contributed by atoms with Crippen molar-refractivity contribution in [3.8, 4) is 17.1 Å². The van der Waals surface area contributed by atoms with Crippen LogP contribution in [-0.2, 0) is 20.1 Å². The summed E-state index contributed by atoms with van der Waals surface area (Å²) in [5.74, 6) is 0.841. The standard InChI is InChI=1S/C30H18N3.Ir/c1-2-10-20(11-3-1)29-25-18-21-12-4-5-13-22(21)19-26(25)30(32-31-29)33-27-16-8-6-14-23(27)24-15-7-9-17-28(24)33;/h1-10,12-19H;/q-1;. The smallest absolute Gasteiger partial charge is 0.166 e. The van der Waals surface area contributed by atoms with Crippen LogP contribution in [0.4, 0.5) is 0 Å². The third-order valence-corrected chi connectivity index (χ3v) is 6.38. The first-order valence-electron chi connectivity index (χ1n) is 11.0. The quantitative estimate of drug-likeness (QED) is 0.151. The molecule has 0 N–H and O–H groups in total. The second-order valence-electron chi connectivity index (χ2n) is 8.26. The van der Waals surface area contributed by atoms with Crippen LogP contribution in [0, 0.1) is 6.07 Å². The summed E-state index contributed by atoms with van der Waals surface area (Å²) in [4.78, 5) is 0. The summed E-state index contributed by atoms with van der Waals surface area (Å²) in [7, 11) is 0. The maximum absolute atomic E-state index is 4.83. The third kappa shape index (κ3) is 3.07. The molecule has 163 valence electrons. The van der Waals surface area contributed by atoms with Crippen LogP contribution in [0.1, 0.15) is 0 Å². The molecule has 2 heterocycles. The zero-order valence-electron chi connectivity index (χ0n) is 18.1. The first-order chi connectivity index (χ1) is 16.4. The van der Waals surface area contributed by atoms with E-state index in [1.807, 2.05) is 24.3 Å². The van der Waals surface area contributed by atoms with E-state index in [1.54, 1.807) is 0 Å². The van der Waals surface area contributed by atoms with Crippen molar-refractivity contribution < 1.29 is 20.1 Å². The SMILES string of the molecule is [Ir].[c-]1ccccc1-c1nnc(-n2c3ccccc3c3ccccc32)c2cc3ccccc3cc12. The zero-order chi connectivity index (χ0) is 21.8. The second-order valence-corrected chi connectivity index (χ2v) is 8.26. The van der Waals surface area contributed by atoms with Crippen molar-refractivity contribution in [3.05, 3.63) is 115 Å². The Labute approximate surface area is 210 Å². The molecule has 0 amide bonds. The molecule has 5 aromatic carbocycles. The summed E-state index contributed by atoms with van der Waals surface area (Å²) in [6.45, 7) is 0. The fourth-order valence-electron chi connectivity index (χ4n) is 4.88. The minimum atomic E-state index is 0. The van der Waals surface area contributed by atoms with Gasteiger partial charge >= 0.3 is 0 Å². The summed E-state index contributed by atoms with van der Waals surface area (Å²) in [6, 6.07) is 41.2. The van der Waals surface area contributed by atoms with Crippen LogP contribution in [0.25, 0.3) is 60.4 Å². The van der Waals surface area contributed by atoms with E-state index in [9.17, 15) is 0 Å². The van der Waals surface area contributed by atoms with Gasteiger partial charge in [0.15, 0.2) is 5.82 Å². The monoisotopic (exact) mass is 613 g/mol. The van der Waals surface area contributed by atoms with Gasteiger partial charge in [-0.15, -0.1) is 41.0 Å². The first kappa shape index (κ1) is 20.7. The van der Waals surface area contributed by atoms with Crippen molar-refractivity contribution in [1.82, 2.24) is 14.8 Å². The molecule has 7 rings (SSSR count). The van der Waals surface area contributed by atoms with Gasteiger partial charge in [-0.05, 0) is 34.4 Å². The molecule has 0 aliphatic carbocycles. The zero-order valence-corrected chi connectivity index (χ0v) is 20.5. The Kier molecular flexibility index (Phi) is 4.99. The van der Waals surface area contributed by atoms with Gasteiger partial charge in [-0.2, -0.15) is 5.10 Å². The van der Waals surface area contributed by atoms with E-state index >= 15 is 0 Å². The van der Waals surface area contributed by atoms with E-state index < -0.39 is 0 Å². The molecule has 0 atom stereocenters. The molecule has 0 fully saturated rings. The van der Waals surface area contributed by atoms with Crippen molar-refractivity contribution in [1.29, 1.82) is 0 Å². The van der Waals surface area contributed by atoms with E-state index in [2.05, 4.69) is 95.6 Å². The average molecular weight is 613 g/mol. The molecule has 0 saturated carbocycles. The predicted octanol–water partition coefficient (Wildman–Crippen LogP) is 7.34. The van der Waals surface area contributed by atoms with Crippen molar-refractivity contribution in [2.75, 3.05) is 0 Å². The van der Waals surface area contributed by atoms with Crippen molar-refractivity contribution in [2.45, 2.75) is 0 Å². The number of hydrogen-bond acceptors (Lipinski definition) is 2. The molecular formula is C30H18IrN3-. The van der Waals surface area contributed by atoms with Crippen LogP contribution in [0.3, 0.4) is 0 Å². The Morgan fingerprint density at radius 3 is 1.79 bits per heavy atom. The van der Waals surface area contributed by atoms with Crippen LogP contribution in [0.2, 0.25) is 0 Å². The van der Waals surface area contributed by atoms with E-state index in [1.165, 1.54) is 21.5 Å². The minimum Gasteiger partial charge on any atom is -0.292 e. The van der Waals surface area contributed by atoms with E-state index in [0.717, 1.165) is 38.9 Å². The van der Waals surface area contributed by atoms with Gasteiger partial charge in [-0.1, -0.05) is 66.7 Å². The Bertz CT molecular complexity index is 1770. The summed E-state index contributed by atoms with van der Waals surface area (Å²) < 4.78 is 2.24. The molecule has 0 aliphatic heterocycles. The van der Waals surface area contributed by atoms with Crippen molar-refractivity contribution >= 4 is 43.4 Å². The fourth-order valence-corrected chi connectivity index (χ4v) is 4.88. The van der Waals surface area contributed by atoms with Crippen LogP contribution >= 0.6 is 0 Å². The van der Waals surface area contributed by atoms with Gasteiger partial charge in [-0.25, -0.2) is 0 Å². The van der Waals surface area contributed by atoms with Gasteiger partial charge in [-0.3, -0.25) is 4.57 Å². The maximum atomic E-state index is 4.83. The van der Waals surface area contributed by atoms with E-state index in [0.29, 0.717) is 0 Å². The number of hydrogen-bond donors (Lipinski definition) is 0. The Morgan fingerprint density at radius 1 is 0.559 bits per heavy atom. The number of rotatable bonds is 2. The topological polar surface area (TPSA) is 30.7 Å². The average Bonchev–Trinajstić information content (AvgIpc) is 3.22. The summed E-state index contributed by atoms with van der Waals surface area (Å²) in [6.07, 6.45) is 0. The van der Waals surface area contributed by atoms with Gasteiger partial charge in [0.2, 0.25) is 0 Å². The Balaban J connectivity index is 0.00000217. The minimum absolute atomic E-state index is 0. The number of aromatic nitrogens is 3. The van der Waals surface area contributed by atoms with Crippen molar-refractivity contribution in [2.24, 2.45) is 0 Å². The van der Waals surface area contributed by atoms with Gasteiger partial charge < -0.3 is 0 Å². The van der Waals surface area contributed by atoms with Crippen LogP contribution in [0.15, 0.2) is 109 Å². The molecule has 3 nitrogen and oxygen atoms in total. The van der Waals surface area contributed by atoms with Crippen LogP contribution in [-0.4, -0.2) is 14.8 Å². The van der Waals surface area contributed by atoms with Gasteiger partial charge in [0.1, 0.15) is 0 Å². The molecule has 0 spiro atoms. The fraction of sp³-hybridized carbons (Fsp3) is 0. The van der Waals surface area contributed by atoms with E-state index in [4.69, 9.17) is 10.2 Å². The number of para-hydroxylation sites is 2. The molecule has 7 aromatic rings. The number of fused-ring (bicyclic) bond motifs is 5. The first-order valence-corrected chi connectivity index (χ1v) is 11.0. The number of benzene rings is 5. The van der Waals surface area contributed by atoms with Crippen LogP contribution in [0.5, 0.6) is 0 Å². The van der Waals surface area contributed by atoms with Crippen LogP contribution < -0.4 is 0 Å². The molecule has 1 radical (unpaired) electrons. The number of nitrogens with zero attached hydrogens (tertiary/aromatic N) is 3. The third-order valence-electron chi connectivity index (χ3n) is 6.38. The molecular weight excluding hydrogens is 595 g/mol. The molecule has 0 aliphatic rings. The molecule has 0 bridgehead atoms. The maximum Gasteiger partial charge on any atom is 0.166 e.